The molecule has 2 aromatic carbocycles. The third kappa shape index (κ3) is 7.31. The molecule has 0 spiro atoms. The van der Waals surface area contributed by atoms with Crippen LogP contribution in [-0.2, 0) is 0 Å². The van der Waals surface area contributed by atoms with Crippen LogP contribution in [0.25, 0.3) is 16.7 Å². The van der Waals surface area contributed by atoms with Crippen molar-refractivity contribution in [2.75, 3.05) is 0 Å². The highest BCUT2D eigenvalue weighted by Gasteiger charge is 2.19. The second-order valence-electron chi connectivity index (χ2n) is 9.63. The van der Waals surface area contributed by atoms with Gasteiger partial charge in [-0.2, -0.15) is 0 Å². The Morgan fingerprint density at radius 1 is 0.788 bits per heavy atom. The molecule has 33 heavy (non-hydrogen) atoms. The largest absolute Gasteiger partial charge is 0.505 e. The first-order valence-corrected chi connectivity index (χ1v) is 13.3. The van der Waals surface area contributed by atoms with Crippen LogP contribution >= 0.6 is 0 Å². The van der Waals surface area contributed by atoms with Crippen LogP contribution in [0.5, 0.6) is 5.75 Å². The molecule has 1 N–H and O–H groups in total. The van der Waals surface area contributed by atoms with Gasteiger partial charge in [0, 0.05) is 0 Å². The lowest BCUT2D eigenvalue weighted by Gasteiger charge is -2.19. The number of aryl methyl sites for hydroxylation is 1. The molecular weight excluding hydrogens is 406 g/mol. The Labute approximate surface area is 200 Å². The molecule has 0 aliphatic heterocycles. The van der Waals surface area contributed by atoms with Crippen molar-refractivity contribution in [3.8, 4) is 11.4 Å². The van der Waals surface area contributed by atoms with E-state index in [1.54, 1.807) is 4.80 Å². The van der Waals surface area contributed by atoms with E-state index >= 15 is 0 Å². The van der Waals surface area contributed by atoms with Crippen molar-refractivity contribution in [2.45, 2.75) is 110 Å². The second kappa shape index (κ2) is 13.4. The van der Waals surface area contributed by atoms with E-state index in [-0.39, 0.29) is 0 Å². The first kappa shape index (κ1) is 25.3. The van der Waals surface area contributed by atoms with E-state index in [1.165, 1.54) is 70.6 Å². The minimum absolute atomic E-state index is 0.329. The predicted octanol–water partition coefficient (Wildman–Crippen LogP) is 8.63. The SMILES string of the molecule is CCCCCCCCCCCCCC(CC)c1cc(C)cc(-n2nc3ccccc3n2)c1O. The van der Waals surface area contributed by atoms with Gasteiger partial charge in [0.15, 0.2) is 0 Å². The lowest BCUT2D eigenvalue weighted by atomic mass is 9.88. The van der Waals surface area contributed by atoms with Crippen molar-refractivity contribution >= 4 is 11.0 Å². The van der Waals surface area contributed by atoms with Crippen molar-refractivity contribution in [2.24, 2.45) is 0 Å². The first-order valence-electron chi connectivity index (χ1n) is 13.3. The monoisotopic (exact) mass is 449 g/mol. The number of phenols is 1. The Kier molecular flexibility index (Phi) is 10.2. The summed E-state index contributed by atoms with van der Waals surface area (Å²) in [6, 6.07) is 12.0. The number of hydrogen-bond donors (Lipinski definition) is 1. The van der Waals surface area contributed by atoms with Gasteiger partial charge in [-0.1, -0.05) is 103 Å². The number of unbranched alkanes of at least 4 members (excludes halogenated alkanes) is 10. The average Bonchev–Trinajstić information content (AvgIpc) is 3.25. The normalized spacial score (nSPS) is 12.5. The Hall–Kier alpha value is -2.36. The Morgan fingerprint density at radius 3 is 1.88 bits per heavy atom. The fraction of sp³-hybridized carbons (Fsp3) is 0.586. The topological polar surface area (TPSA) is 50.9 Å². The molecule has 180 valence electrons. The van der Waals surface area contributed by atoms with Crippen LogP contribution in [-0.4, -0.2) is 20.1 Å². The molecule has 0 saturated carbocycles. The summed E-state index contributed by atoms with van der Waals surface area (Å²) in [5, 5.41) is 20.3. The summed E-state index contributed by atoms with van der Waals surface area (Å²) >= 11 is 0. The fourth-order valence-corrected chi connectivity index (χ4v) is 4.85. The predicted molar refractivity (Wildman–Crippen MR) is 139 cm³/mol. The Morgan fingerprint density at radius 2 is 1.33 bits per heavy atom. The van der Waals surface area contributed by atoms with Gasteiger partial charge in [-0.3, -0.25) is 0 Å². The minimum Gasteiger partial charge on any atom is -0.505 e. The molecule has 0 radical (unpaired) electrons. The van der Waals surface area contributed by atoms with E-state index in [9.17, 15) is 5.11 Å². The van der Waals surface area contributed by atoms with Crippen LogP contribution in [0, 0.1) is 6.92 Å². The van der Waals surface area contributed by atoms with E-state index in [1.807, 2.05) is 30.3 Å². The molecule has 0 bridgehead atoms. The summed E-state index contributed by atoms with van der Waals surface area (Å²) in [6.07, 6.45) is 17.1. The third-order valence-electron chi connectivity index (χ3n) is 6.85. The van der Waals surface area contributed by atoms with Gasteiger partial charge in [0.1, 0.15) is 22.5 Å². The van der Waals surface area contributed by atoms with E-state index in [4.69, 9.17) is 0 Å². The van der Waals surface area contributed by atoms with Crippen LogP contribution < -0.4 is 0 Å². The first-order chi connectivity index (χ1) is 16.1. The van der Waals surface area contributed by atoms with Gasteiger partial charge in [-0.25, -0.2) is 0 Å². The zero-order valence-electron chi connectivity index (χ0n) is 21.0. The molecule has 0 fully saturated rings. The van der Waals surface area contributed by atoms with Gasteiger partial charge >= 0.3 is 0 Å². The van der Waals surface area contributed by atoms with E-state index in [0.29, 0.717) is 17.4 Å². The maximum absolute atomic E-state index is 11.2. The summed E-state index contributed by atoms with van der Waals surface area (Å²) in [4.78, 5) is 1.59. The molecule has 0 aliphatic rings. The zero-order valence-corrected chi connectivity index (χ0v) is 21.0. The van der Waals surface area contributed by atoms with E-state index < -0.39 is 0 Å². The van der Waals surface area contributed by atoms with Crippen molar-refractivity contribution in [3.63, 3.8) is 0 Å². The van der Waals surface area contributed by atoms with Crippen molar-refractivity contribution in [3.05, 3.63) is 47.5 Å². The summed E-state index contributed by atoms with van der Waals surface area (Å²) in [7, 11) is 0. The van der Waals surface area contributed by atoms with Crippen LogP contribution in [0.3, 0.4) is 0 Å². The second-order valence-corrected chi connectivity index (χ2v) is 9.63. The lowest BCUT2D eigenvalue weighted by Crippen LogP contribution is -2.05. The maximum Gasteiger partial charge on any atom is 0.146 e. The molecule has 3 rings (SSSR count). The summed E-state index contributed by atoms with van der Waals surface area (Å²) < 4.78 is 0. The summed E-state index contributed by atoms with van der Waals surface area (Å²) in [5.41, 5.74) is 4.54. The Balaban J connectivity index is 1.52. The quantitative estimate of drug-likeness (QED) is 0.236. The highest BCUT2D eigenvalue weighted by Crippen LogP contribution is 2.37. The number of rotatable bonds is 15. The van der Waals surface area contributed by atoms with Crippen molar-refractivity contribution in [1.29, 1.82) is 0 Å². The summed E-state index contributed by atoms with van der Waals surface area (Å²) in [6.45, 7) is 6.59. The van der Waals surface area contributed by atoms with Gasteiger partial charge in [-0.05, 0) is 55.0 Å². The lowest BCUT2D eigenvalue weighted by molar-refractivity contribution is 0.443. The molecule has 1 heterocycles. The smallest absolute Gasteiger partial charge is 0.146 e. The minimum atomic E-state index is 0.329. The molecule has 3 aromatic rings. The number of hydrogen-bond acceptors (Lipinski definition) is 3. The van der Waals surface area contributed by atoms with E-state index in [2.05, 4.69) is 37.0 Å². The van der Waals surface area contributed by atoms with Crippen LogP contribution in [0.2, 0.25) is 0 Å². The van der Waals surface area contributed by atoms with E-state index in [0.717, 1.165) is 35.0 Å². The number of fused-ring (bicyclic) bond motifs is 1. The molecule has 0 aliphatic carbocycles. The highest BCUT2D eigenvalue weighted by molar-refractivity contribution is 5.73. The summed E-state index contributed by atoms with van der Waals surface area (Å²) in [5.74, 6) is 0.697. The van der Waals surface area contributed by atoms with Crippen molar-refractivity contribution < 1.29 is 5.11 Å². The number of aromatic hydroxyl groups is 1. The highest BCUT2D eigenvalue weighted by atomic mass is 16.3. The molecule has 1 unspecified atom stereocenters. The maximum atomic E-state index is 11.2. The third-order valence-corrected chi connectivity index (χ3v) is 6.85. The Bertz CT molecular complexity index is 945. The van der Waals surface area contributed by atoms with Gasteiger partial charge in [0.05, 0.1) is 0 Å². The molecule has 0 amide bonds. The van der Waals surface area contributed by atoms with Gasteiger partial charge in [-0.15, -0.1) is 15.0 Å². The number of benzene rings is 2. The number of phenolic OH excluding ortho intramolecular Hbond substituents is 1. The number of nitrogens with zero attached hydrogens (tertiary/aromatic N) is 3. The van der Waals surface area contributed by atoms with Crippen LogP contribution in [0.1, 0.15) is 114 Å². The van der Waals surface area contributed by atoms with Gasteiger partial charge < -0.3 is 5.11 Å². The fourth-order valence-electron chi connectivity index (χ4n) is 4.85. The molecule has 0 saturated heterocycles. The average molecular weight is 450 g/mol. The van der Waals surface area contributed by atoms with Crippen LogP contribution in [0.15, 0.2) is 36.4 Å². The number of aromatic nitrogens is 3. The molecule has 1 atom stereocenters. The van der Waals surface area contributed by atoms with Gasteiger partial charge in [0.2, 0.25) is 0 Å². The molecule has 4 heteroatoms. The van der Waals surface area contributed by atoms with Crippen molar-refractivity contribution in [1.82, 2.24) is 15.0 Å². The standard InChI is InChI=1S/C29H43N3O/c1-4-6-7-8-9-10-11-12-13-14-15-18-24(5-2)25-21-23(3)22-28(29(25)33)32-30-26-19-16-17-20-27(26)31-32/h16-17,19-22,24,33H,4-15,18H2,1-3H3. The molecule has 1 aromatic heterocycles. The van der Waals surface area contributed by atoms with Crippen LogP contribution in [0.4, 0.5) is 0 Å². The molecule has 4 nitrogen and oxygen atoms in total. The zero-order chi connectivity index (χ0) is 23.5. The molecular formula is C29H43N3O. The van der Waals surface area contributed by atoms with Gasteiger partial charge in [0.25, 0.3) is 0 Å².